The molecular formula is C29H42FN5O4. The van der Waals surface area contributed by atoms with Crippen LogP contribution in [0.15, 0.2) is 68.8 Å². The van der Waals surface area contributed by atoms with Crippen LogP contribution in [-0.4, -0.2) is 55.9 Å². The number of halogens is 1. The molecule has 0 aliphatic carbocycles. The van der Waals surface area contributed by atoms with Crippen molar-refractivity contribution in [2.24, 2.45) is 15.8 Å². The molecule has 2 rings (SSSR count). The molecule has 2 aliphatic heterocycles. The van der Waals surface area contributed by atoms with Gasteiger partial charge in [0.2, 0.25) is 0 Å². The third-order valence-electron chi connectivity index (χ3n) is 5.59. The summed E-state index contributed by atoms with van der Waals surface area (Å²) in [4.78, 5) is 15.1. The van der Waals surface area contributed by atoms with Crippen molar-refractivity contribution in [1.82, 2.24) is 10.3 Å². The van der Waals surface area contributed by atoms with Crippen LogP contribution < -0.4 is 11.1 Å². The lowest BCUT2D eigenvalue weighted by Gasteiger charge is -2.27. The molecule has 3 atom stereocenters. The van der Waals surface area contributed by atoms with Gasteiger partial charge in [-0.15, -0.1) is 0 Å². The molecule has 0 amide bonds. The molecule has 9 nitrogen and oxygen atoms in total. The number of hydrogen-bond acceptors (Lipinski definition) is 8. The van der Waals surface area contributed by atoms with Gasteiger partial charge in [-0.25, -0.2) is 9.40 Å². The van der Waals surface area contributed by atoms with E-state index in [0.29, 0.717) is 6.42 Å². The topological polar surface area (TPSA) is 111 Å². The van der Waals surface area contributed by atoms with Crippen molar-refractivity contribution in [2.75, 3.05) is 13.7 Å². The average Bonchev–Trinajstić information content (AvgIpc) is 2.88. The van der Waals surface area contributed by atoms with E-state index in [0.717, 1.165) is 29.1 Å². The number of hydrazone groups is 1. The van der Waals surface area contributed by atoms with Crippen molar-refractivity contribution in [1.29, 1.82) is 0 Å². The maximum atomic E-state index is 13.7. The second kappa shape index (κ2) is 16.9. The molecule has 0 radical (unpaired) electrons. The van der Waals surface area contributed by atoms with E-state index in [4.69, 9.17) is 19.9 Å². The van der Waals surface area contributed by atoms with Crippen molar-refractivity contribution >= 4 is 19.0 Å². The minimum atomic E-state index is -0.639. The lowest BCUT2D eigenvalue weighted by atomic mass is 10.1. The van der Waals surface area contributed by atoms with Gasteiger partial charge in [0.25, 0.3) is 0 Å². The first-order chi connectivity index (χ1) is 18.5. The van der Waals surface area contributed by atoms with Crippen LogP contribution in [0.1, 0.15) is 60.8 Å². The van der Waals surface area contributed by atoms with Crippen LogP contribution in [0.25, 0.3) is 0 Å². The summed E-state index contributed by atoms with van der Waals surface area (Å²) in [7, 11) is 1.42. The Labute approximate surface area is 232 Å². The van der Waals surface area contributed by atoms with Crippen LogP contribution in [0.2, 0.25) is 0 Å². The number of carbonyl (C=O) groups is 1. The number of aliphatic imine (C=N–C) groups is 1. The maximum Gasteiger partial charge on any atom is 0.323 e. The van der Waals surface area contributed by atoms with Crippen molar-refractivity contribution in [3.05, 3.63) is 58.7 Å². The van der Waals surface area contributed by atoms with Crippen LogP contribution in [0, 0.1) is 11.8 Å². The van der Waals surface area contributed by atoms with Gasteiger partial charge in [0, 0.05) is 29.8 Å². The number of nitrogens with two attached hydrogens (primary N) is 1. The molecular weight excluding hydrogens is 501 g/mol. The standard InChI is InChI=1S/C16H26N4O3.C13H16FNO/c1-6-15-11(2)7-14(8-20(15)19-10-18-5)22-9-12(3)23-16(21)13(4)17;1-5-13(16-4)12(14)8-11-7-6-9(2)15-10(11)3/h8,10,12-13H,5-7,9,17H2,1-4H3;5,9,15H,1,8H2,2-4H3/b19-10-;13-12-/t12-,13?;/m1./s1. The van der Waals surface area contributed by atoms with Crippen LogP contribution in [-0.2, 0) is 19.0 Å². The molecule has 0 fully saturated rings. The third-order valence-corrected chi connectivity index (χ3v) is 5.59. The Hall–Kier alpha value is -3.84. The fourth-order valence-corrected chi connectivity index (χ4v) is 3.59. The summed E-state index contributed by atoms with van der Waals surface area (Å²) in [5.74, 6) is 6.06. The van der Waals surface area contributed by atoms with Gasteiger partial charge in [-0.1, -0.05) is 25.3 Å². The molecule has 0 saturated heterocycles. The Balaban J connectivity index is 0.000000416. The smallest absolute Gasteiger partial charge is 0.323 e. The Kier molecular flexibility index (Phi) is 14.4. The SMILES string of the molecule is C=C/C(OC)=C(/F)CC1=C(C)NC(C)C#C1.C=N/C=N\N1C=C(OC[C@@H](C)OC(=O)C(C)N)CC(C)=C1CC. The molecule has 0 saturated carbocycles. The number of nitrogens with one attached hydrogen (secondary N) is 1. The lowest BCUT2D eigenvalue weighted by Crippen LogP contribution is -2.33. The van der Waals surface area contributed by atoms with Crippen LogP contribution >= 0.6 is 0 Å². The Morgan fingerprint density at radius 2 is 2.10 bits per heavy atom. The highest BCUT2D eigenvalue weighted by molar-refractivity contribution is 5.75. The van der Waals surface area contributed by atoms with E-state index >= 15 is 0 Å². The zero-order valence-corrected chi connectivity index (χ0v) is 24.1. The van der Waals surface area contributed by atoms with Gasteiger partial charge in [0.05, 0.1) is 19.4 Å². The highest BCUT2D eigenvalue weighted by atomic mass is 19.1. The van der Waals surface area contributed by atoms with E-state index in [1.165, 1.54) is 25.1 Å². The second-order valence-electron chi connectivity index (χ2n) is 9.05. The van der Waals surface area contributed by atoms with Crippen molar-refractivity contribution in [3.8, 4) is 11.8 Å². The third kappa shape index (κ3) is 11.2. The molecule has 0 bridgehead atoms. The second-order valence-corrected chi connectivity index (χ2v) is 9.05. The predicted octanol–water partition coefficient (Wildman–Crippen LogP) is 4.82. The number of methoxy groups -OCH3 is 1. The van der Waals surface area contributed by atoms with Gasteiger partial charge < -0.3 is 25.3 Å². The minimum Gasteiger partial charge on any atom is -0.494 e. The molecule has 2 unspecified atom stereocenters. The average molecular weight is 544 g/mol. The summed E-state index contributed by atoms with van der Waals surface area (Å²) >= 11 is 0. The largest absolute Gasteiger partial charge is 0.494 e. The van der Waals surface area contributed by atoms with Gasteiger partial charge in [0.1, 0.15) is 42.4 Å². The first kappa shape index (κ1) is 33.2. The Bertz CT molecular complexity index is 1110. The monoisotopic (exact) mass is 543 g/mol. The minimum absolute atomic E-state index is 0.122. The Morgan fingerprint density at radius 1 is 1.41 bits per heavy atom. The molecule has 0 aromatic heterocycles. The van der Waals surface area contributed by atoms with Gasteiger partial charge in [-0.3, -0.25) is 9.79 Å². The quantitative estimate of drug-likeness (QED) is 0.0907. The normalized spacial score (nSPS) is 18.8. The summed E-state index contributed by atoms with van der Waals surface area (Å²) in [6.45, 7) is 18.4. The summed E-state index contributed by atoms with van der Waals surface area (Å²) in [6, 6.07) is -0.517. The summed E-state index contributed by atoms with van der Waals surface area (Å²) in [5.41, 5.74) is 9.42. The summed E-state index contributed by atoms with van der Waals surface area (Å²) < 4.78 is 29.4. The molecule has 0 spiro atoms. The van der Waals surface area contributed by atoms with Gasteiger partial charge in [0.15, 0.2) is 0 Å². The zero-order chi connectivity index (χ0) is 29.5. The van der Waals surface area contributed by atoms with Crippen LogP contribution in [0.5, 0.6) is 0 Å². The van der Waals surface area contributed by atoms with E-state index < -0.39 is 12.0 Å². The van der Waals surface area contributed by atoms with Crippen molar-refractivity contribution < 1.29 is 23.4 Å². The molecule has 2 aliphatic rings. The van der Waals surface area contributed by atoms with Gasteiger partial charge >= 0.3 is 5.97 Å². The van der Waals surface area contributed by atoms with E-state index in [-0.39, 0.29) is 36.8 Å². The zero-order valence-electron chi connectivity index (χ0n) is 24.1. The highest BCUT2D eigenvalue weighted by Crippen LogP contribution is 2.28. The molecule has 3 N–H and O–H groups in total. The number of rotatable bonds is 12. The fourth-order valence-electron chi connectivity index (χ4n) is 3.59. The molecule has 39 heavy (non-hydrogen) atoms. The fraction of sp³-hybridized carbons (Fsp3) is 0.483. The number of allylic oxidation sites excluding steroid dienone is 6. The first-order valence-corrected chi connectivity index (χ1v) is 12.8. The number of carbonyl (C=O) groups excluding carboxylic acids is 1. The maximum absolute atomic E-state index is 13.7. The molecule has 0 aromatic carbocycles. The van der Waals surface area contributed by atoms with Crippen molar-refractivity contribution in [3.63, 3.8) is 0 Å². The van der Waals surface area contributed by atoms with Crippen LogP contribution in [0.3, 0.4) is 0 Å². The number of hydrogen-bond donors (Lipinski definition) is 2. The Morgan fingerprint density at radius 3 is 2.64 bits per heavy atom. The van der Waals surface area contributed by atoms with Gasteiger partial charge in [-0.2, -0.15) is 5.10 Å². The number of ether oxygens (including phenoxy) is 3. The molecule has 214 valence electrons. The summed E-state index contributed by atoms with van der Waals surface area (Å²) in [5, 5.41) is 9.11. The lowest BCUT2D eigenvalue weighted by molar-refractivity contribution is -0.151. The molecule has 2 heterocycles. The summed E-state index contributed by atoms with van der Waals surface area (Å²) in [6.07, 6.45) is 5.88. The van der Waals surface area contributed by atoms with E-state index in [9.17, 15) is 9.18 Å². The van der Waals surface area contributed by atoms with Crippen LogP contribution in [0.4, 0.5) is 4.39 Å². The van der Waals surface area contributed by atoms with E-state index in [2.05, 4.69) is 47.5 Å². The predicted molar refractivity (Wildman–Crippen MR) is 154 cm³/mol. The van der Waals surface area contributed by atoms with Crippen molar-refractivity contribution in [2.45, 2.75) is 79.0 Å². The molecule has 10 heteroatoms. The van der Waals surface area contributed by atoms with E-state index in [1.54, 1.807) is 18.9 Å². The number of esters is 1. The van der Waals surface area contributed by atoms with E-state index in [1.807, 2.05) is 27.0 Å². The first-order valence-electron chi connectivity index (χ1n) is 12.8. The number of nitrogens with zero attached hydrogens (tertiary/aromatic N) is 3. The molecule has 0 aromatic rings. The highest BCUT2D eigenvalue weighted by Gasteiger charge is 2.19. The van der Waals surface area contributed by atoms with Gasteiger partial charge in [-0.05, 0) is 59.4 Å².